The zero-order valence-electron chi connectivity index (χ0n) is 10.5. The Hall–Kier alpha value is -0.830. The number of hydrogen-bond donors (Lipinski definition) is 1. The number of amides is 1. The zero-order valence-corrected chi connectivity index (χ0v) is 12.1. The summed E-state index contributed by atoms with van der Waals surface area (Å²) in [5.41, 5.74) is 2.23. The van der Waals surface area contributed by atoms with Crippen molar-refractivity contribution in [2.75, 3.05) is 6.54 Å². The summed E-state index contributed by atoms with van der Waals surface area (Å²) in [5.74, 6) is 0.651. The van der Waals surface area contributed by atoms with Crippen LogP contribution in [0.15, 0.2) is 22.7 Å². The van der Waals surface area contributed by atoms with Crippen LogP contribution in [0.1, 0.15) is 36.2 Å². The number of halogens is 1. The van der Waals surface area contributed by atoms with Crippen molar-refractivity contribution in [1.29, 1.82) is 0 Å². The molecule has 1 fully saturated rings. The predicted octanol–water partition coefficient (Wildman–Crippen LogP) is 3.53. The Morgan fingerprint density at radius 3 is 2.76 bits per heavy atom. The second-order valence-corrected chi connectivity index (χ2v) is 6.33. The minimum absolute atomic E-state index is 0.0169. The maximum atomic E-state index is 12.0. The molecular formula is C14H18BrNO. The van der Waals surface area contributed by atoms with Crippen LogP contribution >= 0.6 is 15.9 Å². The molecule has 1 N–H and O–H groups in total. The van der Waals surface area contributed by atoms with Crippen LogP contribution in [-0.4, -0.2) is 12.5 Å². The molecule has 1 aliphatic carbocycles. The van der Waals surface area contributed by atoms with Gasteiger partial charge in [-0.3, -0.25) is 4.79 Å². The molecule has 0 radical (unpaired) electrons. The summed E-state index contributed by atoms with van der Waals surface area (Å²) in [6.45, 7) is 7.26. The van der Waals surface area contributed by atoms with Gasteiger partial charge in [0.25, 0.3) is 5.91 Å². The molecule has 3 heteroatoms. The second-order valence-electron chi connectivity index (χ2n) is 5.54. The highest BCUT2D eigenvalue weighted by Crippen LogP contribution is 2.50. The number of aryl methyl sites for hydroxylation is 1. The molecule has 17 heavy (non-hydrogen) atoms. The van der Waals surface area contributed by atoms with Crippen molar-refractivity contribution < 1.29 is 4.79 Å². The molecule has 0 spiro atoms. The van der Waals surface area contributed by atoms with Gasteiger partial charge in [0.1, 0.15) is 0 Å². The monoisotopic (exact) mass is 295 g/mol. The van der Waals surface area contributed by atoms with Crippen molar-refractivity contribution in [3.8, 4) is 0 Å². The van der Waals surface area contributed by atoms with Gasteiger partial charge in [0.05, 0.1) is 5.56 Å². The van der Waals surface area contributed by atoms with Gasteiger partial charge in [-0.15, -0.1) is 0 Å². The van der Waals surface area contributed by atoms with Crippen LogP contribution in [0.5, 0.6) is 0 Å². The Labute approximate surface area is 111 Å². The average molecular weight is 296 g/mol. The van der Waals surface area contributed by atoms with E-state index >= 15 is 0 Å². The zero-order chi connectivity index (χ0) is 12.6. The fourth-order valence-corrected chi connectivity index (χ4v) is 2.50. The fourth-order valence-electron chi connectivity index (χ4n) is 2.06. The standard InChI is InChI=1S/C14H18BrNO/c1-9-5-4-6-11(12(9)15)13(17)16-8-10-7-14(10,2)3/h4-6,10H,7-8H2,1-3H3,(H,16,17). The Bertz CT molecular complexity index is 454. The van der Waals surface area contributed by atoms with Crippen LogP contribution in [0.4, 0.5) is 0 Å². The van der Waals surface area contributed by atoms with Gasteiger partial charge >= 0.3 is 0 Å². The maximum Gasteiger partial charge on any atom is 0.252 e. The second kappa shape index (κ2) is 4.45. The molecule has 0 saturated heterocycles. The topological polar surface area (TPSA) is 29.1 Å². The van der Waals surface area contributed by atoms with Crippen molar-refractivity contribution in [1.82, 2.24) is 5.32 Å². The van der Waals surface area contributed by atoms with Crippen LogP contribution in [0.3, 0.4) is 0 Å². The first-order valence-electron chi connectivity index (χ1n) is 5.95. The summed E-state index contributed by atoms with van der Waals surface area (Å²) >= 11 is 3.47. The first-order valence-corrected chi connectivity index (χ1v) is 6.74. The minimum Gasteiger partial charge on any atom is -0.352 e. The molecule has 1 unspecified atom stereocenters. The number of hydrogen-bond acceptors (Lipinski definition) is 1. The van der Waals surface area contributed by atoms with Gasteiger partial charge in [-0.2, -0.15) is 0 Å². The molecule has 0 aromatic heterocycles. The molecule has 2 nitrogen and oxygen atoms in total. The lowest BCUT2D eigenvalue weighted by Crippen LogP contribution is -2.27. The molecule has 0 heterocycles. The third-order valence-electron chi connectivity index (χ3n) is 3.66. The number of carbonyl (C=O) groups excluding carboxylic acids is 1. The number of nitrogens with one attached hydrogen (secondary N) is 1. The average Bonchev–Trinajstić information content (AvgIpc) is 2.87. The molecule has 1 aromatic carbocycles. The summed E-state index contributed by atoms with van der Waals surface area (Å²) in [5, 5.41) is 3.02. The van der Waals surface area contributed by atoms with Crippen molar-refractivity contribution in [2.45, 2.75) is 27.2 Å². The van der Waals surface area contributed by atoms with Crippen molar-refractivity contribution >= 4 is 21.8 Å². The highest BCUT2D eigenvalue weighted by molar-refractivity contribution is 9.10. The minimum atomic E-state index is 0.0169. The third kappa shape index (κ3) is 2.71. The number of rotatable bonds is 3. The lowest BCUT2D eigenvalue weighted by molar-refractivity contribution is 0.0949. The van der Waals surface area contributed by atoms with E-state index in [-0.39, 0.29) is 5.91 Å². The summed E-state index contributed by atoms with van der Waals surface area (Å²) in [7, 11) is 0. The molecule has 1 aromatic rings. The van der Waals surface area contributed by atoms with E-state index in [0.717, 1.165) is 22.1 Å². The van der Waals surface area contributed by atoms with Crippen LogP contribution < -0.4 is 5.32 Å². The number of carbonyl (C=O) groups is 1. The highest BCUT2D eigenvalue weighted by atomic mass is 79.9. The van der Waals surface area contributed by atoms with E-state index in [1.54, 1.807) is 0 Å². The van der Waals surface area contributed by atoms with Gasteiger partial charge in [-0.1, -0.05) is 26.0 Å². The van der Waals surface area contributed by atoms with E-state index in [4.69, 9.17) is 0 Å². The molecule has 0 bridgehead atoms. The largest absolute Gasteiger partial charge is 0.352 e. The van der Waals surface area contributed by atoms with Crippen LogP contribution in [0.2, 0.25) is 0 Å². The van der Waals surface area contributed by atoms with E-state index < -0.39 is 0 Å². The van der Waals surface area contributed by atoms with Crippen molar-refractivity contribution in [3.63, 3.8) is 0 Å². The van der Waals surface area contributed by atoms with E-state index in [2.05, 4.69) is 35.1 Å². The molecular weight excluding hydrogens is 278 g/mol. The van der Waals surface area contributed by atoms with Gasteiger partial charge in [0.2, 0.25) is 0 Å². The van der Waals surface area contributed by atoms with Crippen molar-refractivity contribution in [2.24, 2.45) is 11.3 Å². The van der Waals surface area contributed by atoms with E-state index in [1.807, 2.05) is 25.1 Å². The number of benzene rings is 1. The molecule has 2 rings (SSSR count). The molecule has 1 aliphatic rings. The summed E-state index contributed by atoms with van der Waals surface area (Å²) in [6, 6.07) is 5.76. The molecule has 0 aliphatic heterocycles. The van der Waals surface area contributed by atoms with Crippen LogP contribution in [-0.2, 0) is 0 Å². The van der Waals surface area contributed by atoms with Gasteiger partial charge < -0.3 is 5.32 Å². The third-order valence-corrected chi connectivity index (χ3v) is 4.72. The lowest BCUT2D eigenvalue weighted by atomic mass is 10.1. The normalized spacial score (nSPS) is 21.1. The molecule has 1 amide bonds. The summed E-state index contributed by atoms with van der Waals surface area (Å²) in [6.07, 6.45) is 1.21. The predicted molar refractivity (Wildman–Crippen MR) is 73.1 cm³/mol. The summed E-state index contributed by atoms with van der Waals surface area (Å²) in [4.78, 5) is 12.0. The first-order chi connectivity index (χ1) is 7.92. The van der Waals surface area contributed by atoms with Gasteiger partial charge in [-0.25, -0.2) is 0 Å². The Balaban J connectivity index is 1.98. The molecule has 92 valence electrons. The van der Waals surface area contributed by atoms with E-state index in [9.17, 15) is 4.79 Å². The fraction of sp³-hybridized carbons (Fsp3) is 0.500. The quantitative estimate of drug-likeness (QED) is 0.908. The van der Waals surface area contributed by atoms with Crippen molar-refractivity contribution in [3.05, 3.63) is 33.8 Å². The van der Waals surface area contributed by atoms with Gasteiger partial charge in [0.15, 0.2) is 0 Å². The van der Waals surface area contributed by atoms with Gasteiger partial charge in [0, 0.05) is 11.0 Å². The van der Waals surface area contributed by atoms with E-state index in [0.29, 0.717) is 11.3 Å². The van der Waals surface area contributed by atoms with Crippen LogP contribution in [0, 0.1) is 18.3 Å². The van der Waals surface area contributed by atoms with Crippen LogP contribution in [0.25, 0.3) is 0 Å². The molecule has 1 atom stereocenters. The molecule has 1 saturated carbocycles. The maximum absolute atomic E-state index is 12.0. The summed E-state index contributed by atoms with van der Waals surface area (Å²) < 4.78 is 0.896. The van der Waals surface area contributed by atoms with E-state index in [1.165, 1.54) is 6.42 Å². The lowest BCUT2D eigenvalue weighted by Gasteiger charge is -2.09. The Kier molecular flexibility index (Phi) is 3.30. The Morgan fingerprint density at radius 2 is 2.18 bits per heavy atom. The van der Waals surface area contributed by atoms with Gasteiger partial charge in [-0.05, 0) is 52.2 Å². The smallest absolute Gasteiger partial charge is 0.252 e. The first kappa shape index (κ1) is 12.6. The SMILES string of the molecule is Cc1cccc(C(=O)NCC2CC2(C)C)c1Br. The highest BCUT2D eigenvalue weighted by Gasteiger charge is 2.45. The Morgan fingerprint density at radius 1 is 1.53 bits per heavy atom.